The number of aromatic nitrogens is 2. The summed E-state index contributed by atoms with van der Waals surface area (Å²) in [4.78, 5) is 0. The minimum absolute atomic E-state index is 0.174. The fraction of sp³-hybridized carbons (Fsp3) is 0.750. The van der Waals surface area contributed by atoms with E-state index in [1.165, 1.54) is 12.0 Å². The summed E-state index contributed by atoms with van der Waals surface area (Å²) in [5.74, 6) is 0. The molecule has 3 N–H and O–H groups in total. The summed E-state index contributed by atoms with van der Waals surface area (Å²) in [6, 6.07) is 0.174. The maximum absolute atomic E-state index is 5.83. The smallest absolute Gasteiger partial charge is 0.0700 e. The summed E-state index contributed by atoms with van der Waals surface area (Å²) in [5, 5.41) is 7.83. The zero-order chi connectivity index (χ0) is 12.3. The highest BCUT2D eigenvalue weighted by molar-refractivity contribution is 5.20. The van der Waals surface area contributed by atoms with Gasteiger partial charge in [0.1, 0.15) is 0 Å². The number of hydrogen-bond donors (Lipinski definition) is 2. The van der Waals surface area contributed by atoms with E-state index in [2.05, 4.69) is 10.4 Å². The Bertz CT molecular complexity index is 357. The Labute approximate surface area is 102 Å². The SMILES string of the molecule is Cc1nn(C)cc1C(CN)NCC1CCCO1. The van der Waals surface area contributed by atoms with Crippen LogP contribution in [-0.4, -0.2) is 35.6 Å². The van der Waals surface area contributed by atoms with Gasteiger partial charge in [0.25, 0.3) is 0 Å². The van der Waals surface area contributed by atoms with Crippen molar-refractivity contribution in [3.8, 4) is 0 Å². The van der Waals surface area contributed by atoms with Crippen LogP contribution in [0, 0.1) is 6.92 Å². The first-order valence-electron chi connectivity index (χ1n) is 6.26. The Morgan fingerprint density at radius 3 is 3.06 bits per heavy atom. The quantitative estimate of drug-likeness (QED) is 0.784. The highest BCUT2D eigenvalue weighted by atomic mass is 16.5. The van der Waals surface area contributed by atoms with E-state index in [1.54, 1.807) is 0 Å². The van der Waals surface area contributed by atoms with Gasteiger partial charge in [0.05, 0.1) is 11.8 Å². The van der Waals surface area contributed by atoms with E-state index in [0.29, 0.717) is 12.6 Å². The van der Waals surface area contributed by atoms with Gasteiger partial charge >= 0.3 is 0 Å². The lowest BCUT2D eigenvalue weighted by Gasteiger charge is -2.18. The van der Waals surface area contributed by atoms with Gasteiger partial charge in [-0.1, -0.05) is 0 Å². The molecule has 2 heterocycles. The van der Waals surface area contributed by atoms with Gasteiger partial charge in [0.2, 0.25) is 0 Å². The van der Waals surface area contributed by atoms with Gasteiger partial charge in [0, 0.05) is 44.5 Å². The van der Waals surface area contributed by atoms with Gasteiger partial charge in [-0.2, -0.15) is 5.10 Å². The summed E-state index contributed by atoms with van der Waals surface area (Å²) in [6.45, 7) is 4.37. The second-order valence-electron chi connectivity index (χ2n) is 4.68. The van der Waals surface area contributed by atoms with Crippen molar-refractivity contribution in [1.29, 1.82) is 0 Å². The number of ether oxygens (including phenoxy) is 1. The molecule has 5 heteroatoms. The molecule has 1 saturated heterocycles. The van der Waals surface area contributed by atoms with Crippen molar-refractivity contribution in [2.24, 2.45) is 12.8 Å². The average Bonchev–Trinajstić information content (AvgIpc) is 2.90. The number of nitrogens with two attached hydrogens (primary N) is 1. The standard InChI is InChI=1S/C12H22N4O/c1-9-11(8-16(2)15-9)12(6-13)14-7-10-4-3-5-17-10/h8,10,12,14H,3-7,13H2,1-2H3. The summed E-state index contributed by atoms with van der Waals surface area (Å²) < 4.78 is 7.43. The topological polar surface area (TPSA) is 65.1 Å². The largest absolute Gasteiger partial charge is 0.377 e. The van der Waals surface area contributed by atoms with Gasteiger partial charge in [-0.3, -0.25) is 4.68 Å². The molecule has 1 fully saturated rings. The molecule has 0 radical (unpaired) electrons. The van der Waals surface area contributed by atoms with Crippen LogP contribution in [0.4, 0.5) is 0 Å². The van der Waals surface area contributed by atoms with E-state index >= 15 is 0 Å². The molecule has 0 amide bonds. The molecule has 1 aromatic rings. The first-order chi connectivity index (χ1) is 8.20. The summed E-state index contributed by atoms with van der Waals surface area (Å²) in [6.07, 6.45) is 4.71. The van der Waals surface area contributed by atoms with Crippen LogP contribution >= 0.6 is 0 Å². The average molecular weight is 238 g/mol. The molecular formula is C12H22N4O. The van der Waals surface area contributed by atoms with Crippen molar-refractivity contribution in [3.63, 3.8) is 0 Å². The highest BCUT2D eigenvalue weighted by Gasteiger charge is 2.19. The second-order valence-corrected chi connectivity index (χ2v) is 4.68. The maximum Gasteiger partial charge on any atom is 0.0700 e. The molecule has 96 valence electrons. The fourth-order valence-corrected chi connectivity index (χ4v) is 2.36. The van der Waals surface area contributed by atoms with Gasteiger partial charge in [-0.15, -0.1) is 0 Å². The molecule has 0 aromatic carbocycles. The van der Waals surface area contributed by atoms with Gasteiger partial charge in [0.15, 0.2) is 0 Å². The van der Waals surface area contributed by atoms with Gasteiger partial charge < -0.3 is 15.8 Å². The monoisotopic (exact) mass is 238 g/mol. The first kappa shape index (κ1) is 12.5. The molecule has 1 aliphatic rings. The molecule has 17 heavy (non-hydrogen) atoms. The zero-order valence-corrected chi connectivity index (χ0v) is 10.6. The van der Waals surface area contributed by atoms with E-state index < -0.39 is 0 Å². The van der Waals surface area contributed by atoms with E-state index in [0.717, 1.165) is 25.3 Å². The molecule has 0 spiro atoms. The molecule has 2 atom stereocenters. The van der Waals surface area contributed by atoms with Crippen molar-refractivity contribution >= 4 is 0 Å². The molecule has 2 rings (SSSR count). The van der Waals surface area contributed by atoms with Crippen LogP contribution in [0.15, 0.2) is 6.20 Å². The Morgan fingerprint density at radius 2 is 2.53 bits per heavy atom. The lowest BCUT2D eigenvalue weighted by atomic mass is 10.1. The number of hydrogen-bond acceptors (Lipinski definition) is 4. The molecule has 0 bridgehead atoms. The number of nitrogens with zero attached hydrogens (tertiary/aromatic N) is 2. The second kappa shape index (κ2) is 5.62. The molecule has 1 aliphatic heterocycles. The van der Waals surface area contributed by atoms with Crippen LogP contribution < -0.4 is 11.1 Å². The Kier molecular flexibility index (Phi) is 4.15. The predicted octanol–water partition coefficient (Wildman–Crippen LogP) is 0.497. The summed E-state index contributed by atoms with van der Waals surface area (Å²) in [7, 11) is 1.93. The van der Waals surface area contributed by atoms with Crippen LogP contribution in [0.3, 0.4) is 0 Å². The third-order valence-electron chi connectivity index (χ3n) is 3.28. The van der Waals surface area contributed by atoms with Crippen LogP contribution in [0.2, 0.25) is 0 Å². The summed E-state index contributed by atoms with van der Waals surface area (Å²) in [5.41, 5.74) is 8.06. The number of nitrogens with one attached hydrogen (secondary N) is 1. The number of aryl methyl sites for hydroxylation is 2. The van der Waals surface area contributed by atoms with Crippen LogP contribution in [-0.2, 0) is 11.8 Å². The minimum Gasteiger partial charge on any atom is -0.377 e. The molecule has 1 aromatic heterocycles. The summed E-state index contributed by atoms with van der Waals surface area (Å²) >= 11 is 0. The third kappa shape index (κ3) is 3.06. The van der Waals surface area contributed by atoms with Crippen LogP contribution in [0.5, 0.6) is 0 Å². The van der Waals surface area contributed by atoms with Crippen molar-refractivity contribution in [2.45, 2.75) is 31.9 Å². The Hall–Kier alpha value is -0.910. The van der Waals surface area contributed by atoms with Gasteiger partial charge in [-0.05, 0) is 19.8 Å². The molecule has 0 saturated carbocycles. The van der Waals surface area contributed by atoms with Crippen LogP contribution in [0.1, 0.15) is 30.1 Å². The van der Waals surface area contributed by atoms with Crippen LogP contribution in [0.25, 0.3) is 0 Å². The first-order valence-corrected chi connectivity index (χ1v) is 6.26. The minimum atomic E-state index is 0.174. The fourth-order valence-electron chi connectivity index (χ4n) is 2.36. The van der Waals surface area contributed by atoms with Crippen molar-refractivity contribution < 1.29 is 4.74 Å². The van der Waals surface area contributed by atoms with E-state index in [-0.39, 0.29) is 6.04 Å². The predicted molar refractivity (Wildman–Crippen MR) is 66.7 cm³/mol. The van der Waals surface area contributed by atoms with Crippen molar-refractivity contribution in [1.82, 2.24) is 15.1 Å². The highest BCUT2D eigenvalue weighted by Crippen LogP contribution is 2.17. The Balaban J connectivity index is 1.93. The third-order valence-corrected chi connectivity index (χ3v) is 3.28. The zero-order valence-electron chi connectivity index (χ0n) is 10.6. The normalized spacial score (nSPS) is 21.9. The molecule has 5 nitrogen and oxygen atoms in total. The van der Waals surface area contributed by atoms with E-state index in [1.807, 2.05) is 24.9 Å². The van der Waals surface area contributed by atoms with Crippen molar-refractivity contribution in [3.05, 3.63) is 17.5 Å². The molecular weight excluding hydrogens is 216 g/mol. The lowest BCUT2D eigenvalue weighted by Crippen LogP contribution is -2.34. The van der Waals surface area contributed by atoms with Crippen molar-refractivity contribution in [2.75, 3.05) is 19.7 Å². The van der Waals surface area contributed by atoms with E-state index in [4.69, 9.17) is 10.5 Å². The van der Waals surface area contributed by atoms with Gasteiger partial charge in [-0.25, -0.2) is 0 Å². The number of rotatable bonds is 5. The Morgan fingerprint density at radius 1 is 1.71 bits per heavy atom. The molecule has 0 aliphatic carbocycles. The lowest BCUT2D eigenvalue weighted by molar-refractivity contribution is 0.107. The maximum atomic E-state index is 5.83. The molecule has 2 unspecified atom stereocenters. The van der Waals surface area contributed by atoms with E-state index in [9.17, 15) is 0 Å².